The number of benzene rings is 1. The van der Waals surface area contributed by atoms with Gasteiger partial charge in [0.25, 0.3) is 5.91 Å². The number of carbonyl (C=O) groups excluding carboxylic acids is 2. The van der Waals surface area contributed by atoms with Gasteiger partial charge in [-0.3, -0.25) is 9.59 Å². The predicted octanol–water partition coefficient (Wildman–Crippen LogP) is 2.48. The Labute approximate surface area is 129 Å². The number of carbonyl (C=O) groups is 2. The lowest BCUT2D eigenvalue weighted by Crippen LogP contribution is -2.60. The van der Waals surface area contributed by atoms with E-state index in [0.717, 1.165) is 24.9 Å². The largest absolute Gasteiger partial charge is 0.336 e. The molecule has 2 aliphatic heterocycles. The number of hydrogen-bond acceptors (Lipinski definition) is 2. The van der Waals surface area contributed by atoms with E-state index < -0.39 is 0 Å². The summed E-state index contributed by atoms with van der Waals surface area (Å²) in [6.07, 6.45) is 2.02. The maximum Gasteiger partial charge on any atom is 0.254 e. The molecular formula is C16H19ClN2O2. The van der Waals surface area contributed by atoms with E-state index in [2.05, 4.69) is 0 Å². The molecule has 2 saturated heterocycles. The summed E-state index contributed by atoms with van der Waals surface area (Å²) in [5.74, 6) is 0.000262. The van der Waals surface area contributed by atoms with E-state index in [-0.39, 0.29) is 23.9 Å². The van der Waals surface area contributed by atoms with Crippen molar-refractivity contribution in [2.24, 2.45) is 0 Å². The van der Waals surface area contributed by atoms with Crippen molar-refractivity contribution in [3.8, 4) is 0 Å². The summed E-state index contributed by atoms with van der Waals surface area (Å²) in [4.78, 5) is 28.8. The van der Waals surface area contributed by atoms with Crippen LogP contribution in [0.3, 0.4) is 0 Å². The van der Waals surface area contributed by atoms with E-state index in [1.54, 1.807) is 23.1 Å². The Morgan fingerprint density at radius 3 is 2.86 bits per heavy atom. The number of piperazine rings is 1. The van der Waals surface area contributed by atoms with Crippen LogP contribution >= 0.6 is 11.6 Å². The van der Waals surface area contributed by atoms with Crippen LogP contribution in [-0.4, -0.2) is 46.8 Å². The normalized spacial score (nSPS) is 25.2. The maximum absolute atomic E-state index is 12.8. The molecule has 0 saturated carbocycles. The summed E-state index contributed by atoms with van der Waals surface area (Å²) in [6.45, 7) is 5.15. The minimum Gasteiger partial charge on any atom is -0.336 e. The van der Waals surface area contributed by atoms with Gasteiger partial charge in [0.15, 0.2) is 0 Å². The second-order valence-corrected chi connectivity index (χ2v) is 6.36. The first-order chi connectivity index (χ1) is 9.99. The molecule has 0 spiro atoms. The average Bonchev–Trinajstić information content (AvgIpc) is 2.90. The molecule has 4 nitrogen and oxygen atoms in total. The Hall–Kier alpha value is -1.55. The van der Waals surface area contributed by atoms with Crippen molar-refractivity contribution < 1.29 is 9.59 Å². The minimum atomic E-state index is -0.387. The third kappa shape index (κ3) is 2.42. The number of rotatable bonds is 1. The van der Waals surface area contributed by atoms with Crippen molar-refractivity contribution in [2.75, 3.05) is 13.1 Å². The van der Waals surface area contributed by atoms with Gasteiger partial charge in [0.1, 0.15) is 6.04 Å². The molecule has 2 aliphatic rings. The zero-order valence-corrected chi connectivity index (χ0v) is 13.1. The summed E-state index contributed by atoms with van der Waals surface area (Å²) in [5, 5.41) is 0.619. The van der Waals surface area contributed by atoms with E-state index in [1.165, 1.54) is 0 Å². The van der Waals surface area contributed by atoms with Gasteiger partial charge in [0, 0.05) is 29.7 Å². The van der Waals surface area contributed by atoms with Gasteiger partial charge in [-0.2, -0.15) is 0 Å². The number of nitrogens with zero attached hydrogens (tertiary/aromatic N) is 2. The van der Waals surface area contributed by atoms with Crippen molar-refractivity contribution in [3.05, 3.63) is 34.3 Å². The summed E-state index contributed by atoms with van der Waals surface area (Å²) in [7, 11) is 0. The van der Waals surface area contributed by atoms with Crippen LogP contribution in [0, 0.1) is 6.92 Å². The molecule has 2 amide bonds. The average molecular weight is 307 g/mol. The molecule has 1 aromatic rings. The number of aryl methyl sites for hydroxylation is 1. The fourth-order valence-corrected chi connectivity index (χ4v) is 3.58. The Morgan fingerprint density at radius 1 is 1.38 bits per heavy atom. The quantitative estimate of drug-likeness (QED) is 0.800. The van der Waals surface area contributed by atoms with Crippen molar-refractivity contribution in [1.29, 1.82) is 0 Å². The van der Waals surface area contributed by atoms with Crippen molar-refractivity contribution in [2.45, 2.75) is 38.8 Å². The van der Waals surface area contributed by atoms with E-state index in [1.807, 2.05) is 18.7 Å². The van der Waals surface area contributed by atoms with Crippen LogP contribution in [0.1, 0.15) is 35.7 Å². The van der Waals surface area contributed by atoms with Crippen molar-refractivity contribution in [3.63, 3.8) is 0 Å². The zero-order chi connectivity index (χ0) is 15.1. The third-order valence-corrected chi connectivity index (χ3v) is 4.81. The lowest BCUT2D eigenvalue weighted by Gasteiger charge is -2.41. The molecule has 5 heteroatoms. The Morgan fingerprint density at radius 2 is 2.14 bits per heavy atom. The Balaban J connectivity index is 1.88. The van der Waals surface area contributed by atoms with Crippen LogP contribution in [0.15, 0.2) is 18.2 Å². The zero-order valence-electron chi connectivity index (χ0n) is 12.3. The number of fused-ring (bicyclic) bond motifs is 1. The molecule has 0 radical (unpaired) electrons. The van der Waals surface area contributed by atoms with E-state index in [0.29, 0.717) is 17.1 Å². The molecule has 0 aromatic heterocycles. The summed E-state index contributed by atoms with van der Waals surface area (Å²) in [6, 6.07) is 5.05. The lowest BCUT2D eigenvalue weighted by molar-refractivity contribution is -0.141. The number of hydrogen-bond donors (Lipinski definition) is 0. The second kappa shape index (κ2) is 5.34. The molecule has 3 rings (SSSR count). The maximum atomic E-state index is 12.8. The summed E-state index contributed by atoms with van der Waals surface area (Å²) in [5.41, 5.74) is 1.48. The summed E-state index contributed by atoms with van der Waals surface area (Å²) >= 11 is 5.95. The van der Waals surface area contributed by atoms with Crippen LogP contribution in [-0.2, 0) is 4.79 Å². The standard InChI is InChI=1S/C16H19ClN2O2/c1-10-8-12(17)5-6-14(10)16(21)19-9-13-4-3-7-18(13)15(20)11(19)2/h5-6,8,11,13H,3-4,7,9H2,1-2H3/t11-,13-/m1/s1. The molecule has 2 atom stereocenters. The van der Waals surface area contributed by atoms with Gasteiger partial charge in [-0.1, -0.05) is 11.6 Å². The number of amides is 2. The summed E-state index contributed by atoms with van der Waals surface area (Å²) < 4.78 is 0. The minimum absolute atomic E-state index is 0.0726. The second-order valence-electron chi connectivity index (χ2n) is 5.92. The van der Waals surface area contributed by atoms with Gasteiger partial charge in [-0.15, -0.1) is 0 Å². The highest BCUT2D eigenvalue weighted by Crippen LogP contribution is 2.27. The van der Waals surface area contributed by atoms with Gasteiger partial charge in [0.2, 0.25) is 5.91 Å². The molecule has 0 bridgehead atoms. The fraction of sp³-hybridized carbons (Fsp3) is 0.500. The fourth-order valence-electron chi connectivity index (χ4n) is 3.35. The number of halogens is 1. The first kappa shape index (κ1) is 14.4. The SMILES string of the molecule is Cc1cc(Cl)ccc1C(=O)N1C[C@H]2CCCN2C(=O)[C@H]1C. The molecule has 0 unspecified atom stereocenters. The topological polar surface area (TPSA) is 40.6 Å². The molecule has 112 valence electrons. The van der Waals surface area contributed by atoms with Gasteiger partial charge >= 0.3 is 0 Å². The molecule has 0 N–H and O–H groups in total. The van der Waals surface area contributed by atoms with Crippen LogP contribution in [0.4, 0.5) is 0 Å². The van der Waals surface area contributed by atoms with E-state index in [4.69, 9.17) is 11.6 Å². The molecule has 0 aliphatic carbocycles. The van der Waals surface area contributed by atoms with Crippen LogP contribution in [0.2, 0.25) is 5.02 Å². The van der Waals surface area contributed by atoms with Crippen LogP contribution in [0.5, 0.6) is 0 Å². The highest BCUT2D eigenvalue weighted by molar-refractivity contribution is 6.30. The van der Waals surface area contributed by atoms with E-state index in [9.17, 15) is 9.59 Å². The van der Waals surface area contributed by atoms with Crippen molar-refractivity contribution in [1.82, 2.24) is 9.80 Å². The first-order valence-electron chi connectivity index (χ1n) is 7.36. The Kier molecular flexibility index (Phi) is 3.66. The smallest absolute Gasteiger partial charge is 0.254 e. The van der Waals surface area contributed by atoms with Gasteiger partial charge in [-0.25, -0.2) is 0 Å². The van der Waals surface area contributed by atoms with Gasteiger partial charge < -0.3 is 9.80 Å². The molecule has 21 heavy (non-hydrogen) atoms. The first-order valence-corrected chi connectivity index (χ1v) is 7.74. The molecule has 1 aromatic carbocycles. The Bertz CT molecular complexity index is 602. The van der Waals surface area contributed by atoms with E-state index >= 15 is 0 Å². The monoisotopic (exact) mass is 306 g/mol. The lowest BCUT2D eigenvalue weighted by atomic mass is 10.0. The van der Waals surface area contributed by atoms with Crippen LogP contribution < -0.4 is 0 Å². The predicted molar refractivity (Wildman–Crippen MR) is 81.4 cm³/mol. The van der Waals surface area contributed by atoms with Crippen LogP contribution in [0.25, 0.3) is 0 Å². The highest BCUT2D eigenvalue weighted by atomic mass is 35.5. The third-order valence-electron chi connectivity index (χ3n) is 4.57. The molecule has 2 fully saturated rings. The molecule has 2 heterocycles. The molecular weight excluding hydrogens is 288 g/mol. The highest BCUT2D eigenvalue weighted by Gasteiger charge is 2.42. The van der Waals surface area contributed by atoms with Gasteiger partial charge in [0.05, 0.1) is 0 Å². The van der Waals surface area contributed by atoms with Crippen molar-refractivity contribution >= 4 is 23.4 Å². The van der Waals surface area contributed by atoms with Gasteiger partial charge in [-0.05, 0) is 50.5 Å².